The molecule has 2 rings (SSSR count). The van der Waals surface area contributed by atoms with Crippen molar-refractivity contribution in [3.8, 4) is 0 Å². The van der Waals surface area contributed by atoms with Gasteiger partial charge < -0.3 is 9.84 Å². The molecule has 1 aliphatic rings. The Morgan fingerprint density at radius 1 is 1.30 bits per heavy atom. The van der Waals surface area contributed by atoms with Gasteiger partial charge in [-0.1, -0.05) is 17.7 Å². The fraction of sp³-hybridized carbons (Fsp3) is 0.647. The Morgan fingerprint density at radius 2 is 1.90 bits per heavy atom. The highest BCUT2D eigenvalue weighted by atomic mass is 16.5. The molecule has 3 nitrogen and oxygen atoms in total. The number of benzene rings is 1. The van der Waals surface area contributed by atoms with Crippen molar-refractivity contribution in [1.82, 2.24) is 4.90 Å². The molecule has 0 spiro atoms. The third kappa shape index (κ3) is 3.22. The number of ether oxygens (including phenoxy) is 1. The summed E-state index contributed by atoms with van der Waals surface area (Å²) in [4.78, 5) is 2.24. The van der Waals surface area contributed by atoms with Crippen LogP contribution in [0.3, 0.4) is 0 Å². The van der Waals surface area contributed by atoms with Gasteiger partial charge in [0.05, 0.1) is 12.2 Å². The van der Waals surface area contributed by atoms with Gasteiger partial charge in [-0.25, -0.2) is 0 Å². The maximum absolute atomic E-state index is 10.6. The highest BCUT2D eigenvalue weighted by molar-refractivity contribution is 5.39. The van der Waals surface area contributed by atoms with Crippen LogP contribution in [0.15, 0.2) is 12.1 Å². The molecule has 3 atom stereocenters. The first-order valence-electron chi connectivity index (χ1n) is 7.47. The van der Waals surface area contributed by atoms with Crippen molar-refractivity contribution >= 4 is 0 Å². The molecule has 20 heavy (non-hydrogen) atoms. The van der Waals surface area contributed by atoms with Crippen molar-refractivity contribution in [2.24, 2.45) is 0 Å². The molecule has 1 fully saturated rings. The van der Waals surface area contributed by atoms with Gasteiger partial charge >= 0.3 is 0 Å². The molecule has 0 radical (unpaired) electrons. The van der Waals surface area contributed by atoms with Gasteiger partial charge in [-0.15, -0.1) is 0 Å². The molecule has 1 aliphatic heterocycles. The average Bonchev–Trinajstić information content (AvgIpc) is 2.73. The van der Waals surface area contributed by atoms with E-state index in [0.29, 0.717) is 12.6 Å². The highest BCUT2D eigenvalue weighted by Crippen LogP contribution is 2.26. The van der Waals surface area contributed by atoms with E-state index in [2.05, 4.69) is 51.8 Å². The Labute approximate surface area is 122 Å². The summed E-state index contributed by atoms with van der Waals surface area (Å²) < 4.78 is 5.61. The monoisotopic (exact) mass is 277 g/mol. The number of nitrogens with zero attached hydrogens (tertiary/aromatic N) is 1. The second kappa shape index (κ2) is 6.25. The molecule has 3 heteroatoms. The lowest BCUT2D eigenvalue weighted by atomic mass is 9.95. The SMILES string of the molecule is Cc1cc(C)c(C(O)CN(C)C2CCOC2C)c(C)c1. The maximum Gasteiger partial charge on any atom is 0.0922 e. The average molecular weight is 277 g/mol. The zero-order chi connectivity index (χ0) is 14.9. The molecule has 1 heterocycles. The van der Waals surface area contributed by atoms with E-state index in [1.807, 2.05) is 0 Å². The van der Waals surface area contributed by atoms with Crippen LogP contribution in [0.2, 0.25) is 0 Å². The minimum Gasteiger partial charge on any atom is -0.387 e. The van der Waals surface area contributed by atoms with Gasteiger partial charge in [0.1, 0.15) is 0 Å². The molecular formula is C17H27NO2. The predicted octanol–water partition coefficient (Wildman–Crippen LogP) is 2.75. The van der Waals surface area contributed by atoms with E-state index in [0.717, 1.165) is 18.6 Å². The molecule has 0 saturated carbocycles. The second-order valence-electron chi connectivity index (χ2n) is 6.20. The van der Waals surface area contributed by atoms with Crippen LogP contribution in [0.4, 0.5) is 0 Å². The van der Waals surface area contributed by atoms with Gasteiger partial charge in [0.2, 0.25) is 0 Å². The molecule has 112 valence electrons. The van der Waals surface area contributed by atoms with Crippen LogP contribution in [0.25, 0.3) is 0 Å². The Balaban J connectivity index is 2.10. The van der Waals surface area contributed by atoms with Crippen molar-refractivity contribution in [1.29, 1.82) is 0 Å². The number of aryl methyl sites for hydroxylation is 3. The molecule has 3 unspecified atom stereocenters. The van der Waals surface area contributed by atoms with E-state index >= 15 is 0 Å². The number of rotatable bonds is 4. The first-order chi connectivity index (χ1) is 9.40. The van der Waals surface area contributed by atoms with Crippen LogP contribution in [-0.2, 0) is 4.74 Å². The van der Waals surface area contributed by atoms with E-state index in [-0.39, 0.29) is 6.10 Å². The third-order valence-electron chi connectivity index (χ3n) is 4.43. The van der Waals surface area contributed by atoms with Gasteiger partial charge in [-0.3, -0.25) is 4.90 Å². The maximum atomic E-state index is 10.6. The summed E-state index contributed by atoms with van der Waals surface area (Å²) in [6, 6.07) is 4.70. The van der Waals surface area contributed by atoms with Crippen molar-refractivity contribution in [3.05, 3.63) is 34.4 Å². The summed E-state index contributed by atoms with van der Waals surface area (Å²) >= 11 is 0. The van der Waals surface area contributed by atoms with Crippen molar-refractivity contribution in [2.75, 3.05) is 20.2 Å². The lowest BCUT2D eigenvalue weighted by Gasteiger charge is -2.29. The van der Waals surface area contributed by atoms with E-state index in [1.165, 1.54) is 16.7 Å². The third-order valence-corrected chi connectivity index (χ3v) is 4.43. The quantitative estimate of drug-likeness (QED) is 0.918. The second-order valence-corrected chi connectivity index (χ2v) is 6.20. The number of aliphatic hydroxyl groups is 1. The number of hydrogen-bond acceptors (Lipinski definition) is 3. The Morgan fingerprint density at radius 3 is 2.40 bits per heavy atom. The Kier molecular flexibility index (Phi) is 4.84. The van der Waals surface area contributed by atoms with Crippen LogP contribution in [0.5, 0.6) is 0 Å². The van der Waals surface area contributed by atoms with Crippen molar-refractivity contribution in [3.63, 3.8) is 0 Å². The minimum atomic E-state index is -0.437. The molecule has 0 amide bonds. The van der Waals surface area contributed by atoms with E-state index in [4.69, 9.17) is 4.74 Å². The molecule has 1 aromatic rings. The molecule has 0 bridgehead atoms. The van der Waals surface area contributed by atoms with Crippen molar-refractivity contribution in [2.45, 2.75) is 52.4 Å². The van der Waals surface area contributed by atoms with Crippen LogP contribution in [-0.4, -0.2) is 42.4 Å². The lowest BCUT2D eigenvalue weighted by Crippen LogP contribution is -2.39. The summed E-state index contributed by atoms with van der Waals surface area (Å²) in [6.07, 6.45) is 0.872. The summed E-state index contributed by atoms with van der Waals surface area (Å²) in [7, 11) is 2.08. The lowest BCUT2D eigenvalue weighted by molar-refractivity contribution is 0.0576. The standard InChI is InChI=1S/C17H27NO2/c1-11-8-12(2)17(13(3)9-11)16(19)10-18(5)15-6-7-20-14(15)4/h8-9,14-16,19H,6-7,10H2,1-5H3. The van der Waals surface area contributed by atoms with Gasteiger partial charge in [0.15, 0.2) is 0 Å². The largest absolute Gasteiger partial charge is 0.387 e. The molecule has 1 N–H and O–H groups in total. The van der Waals surface area contributed by atoms with E-state index < -0.39 is 6.10 Å². The van der Waals surface area contributed by atoms with E-state index in [1.54, 1.807) is 0 Å². The van der Waals surface area contributed by atoms with Crippen molar-refractivity contribution < 1.29 is 9.84 Å². The summed E-state index contributed by atoms with van der Waals surface area (Å²) in [5, 5.41) is 10.6. The molecule has 1 saturated heterocycles. The highest BCUT2D eigenvalue weighted by Gasteiger charge is 2.29. The zero-order valence-corrected chi connectivity index (χ0v) is 13.3. The number of likely N-dealkylation sites (N-methyl/N-ethyl adjacent to an activating group) is 1. The first-order valence-corrected chi connectivity index (χ1v) is 7.47. The van der Waals surface area contributed by atoms with Gasteiger partial charge in [0.25, 0.3) is 0 Å². The number of hydrogen-bond donors (Lipinski definition) is 1. The topological polar surface area (TPSA) is 32.7 Å². The summed E-state index contributed by atoms with van der Waals surface area (Å²) in [5.74, 6) is 0. The molecule has 1 aromatic carbocycles. The van der Waals surface area contributed by atoms with Gasteiger partial charge in [0, 0.05) is 19.2 Å². The fourth-order valence-corrected chi connectivity index (χ4v) is 3.52. The first kappa shape index (κ1) is 15.5. The minimum absolute atomic E-state index is 0.257. The van der Waals surface area contributed by atoms with Gasteiger partial charge in [-0.2, -0.15) is 0 Å². The molecule has 0 aliphatic carbocycles. The summed E-state index contributed by atoms with van der Waals surface area (Å²) in [6.45, 7) is 9.86. The Hall–Kier alpha value is -0.900. The normalized spacial score (nSPS) is 24.4. The van der Waals surface area contributed by atoms with Crippen LogP contribution in [0, 0.1) is 20.8 Å². The predicted molar refractivity (Wildman–Crippen MR) is 82.1 cm³/mol. The zero-order valence-electron chi connectivity index (χ0n) is 13.3. The van der Waals surface area contributed by atoms with Crippen LogP contribution >= 0.6 is 0 Å². The molecule has 0 aromatic heterocycles. The van der Waals surface area contributed by atoms with Gasteiger partial charge in [-0.05, 0) is 57.9 Å². The summed E-state index contributed by atoms with van der Waals surface area (Å²) in [5.41, 5.74) is 4.69. The Bertz CT molecular complexity index is 449. The van der Waals surface area contributed by atoms with Crippen LogP contribution < -0.4 is 0 Å². The van der Waals surface area contributed by atoms with Crippen LogP contribution in [0.1, 0.15) is 41.7 Å². The molecular weight excluding hydrogens is 250 g/mol. The van der Waals surface area contributed by atoms with E-state index in [9.17, 15) is 5.11 Å². The smallest absolute Gasteiger partial charge is 0.0922 e. The fourth-order valence-electron chi connectivity index (χ4n) is 3.52. The number of aliphatic hydroxyl groups excluding tert-OH is 1.